The first-order valence-corrected chi connectivity index (χ1v) is 12.7. The van der Waals surface area contributed by atoms with Gasteiger partial charge in [0.2, 0.25) is 5.95 Å². The Labute approximate surface area is 234 Å². The van der Waals surface area contributed by atoms with Crippen molar-refractivity contribution in [2.24, 2.45) is 0 Å². The number of carbonyl (C=O) groups is 1. The molecular weight excluding hydrogens is 538 g/mol. The Morgan fingerprint density at radius 2 is 1.88 bits per heavy atom. The van der Waals surface area contributed by atoms with E-state index < -0.39 is 29.9 Å². The Bertz CT molecular complexity index is 1500. The molecular formula is C27H28F2N8O4. The fraction of sp³-hybridized carbons (Fsp3) is 0.296. The third-order valence-electron chi connectivity index (χ3n) is 6.47. The summed E-state index contributed by atoms with van der Waals surface area (Å²) in [4.78, 5) is 31.1. The summed E-state index contributed by atoms with van der Waals surface area (Å²) in [5, 5.41) is 12.1. The van der Waals surface area contributed by atoms with Crippen LogP contribution in [0.1, 0.15) is 17.2 Å². The first kappa shape index (κ1) is 28.0. The van der Waals surface area contributed by atoms with Crippen LogP contribution in [-0.2, 0) is 9.57 Å². The first-order valence-electron chi connectivity index (χ1n) is 12.7. The van der Waals surface area contributed by atoms with E-state index in [1.165, 1.54) is 13.3 Å². The van der Waals surface area contributed by atoms with Gasteiger partial charge >= 0.3 is 12.0 Å². The molecule has 4 heterocycles. The second-order valence-electron chi connectivity index (χ2n) is 9.18. The summed E-state index contributed by atoms with van der Waals surface area (Å²) in [6.07, 6.45) is 3.55. The fourth-order valence-electron chi connectivity index (χ4n) is 4.46. The predicted molar refractivity (Wildman–Crippen MR) is 143 cm³/mol. The van der Waals surface area contributed by atoms with Crippen LogP contribution in [0.25, 0.3) is 16.9 Å². The van der Waals surface area contributed by atoms with E-state index in [9.17, 15) is 13.6 Å². The highest BCUT2D eigenvalue weighted by Gasteiger charge is 2.37. The van der Waals surface area contributed by atoms with Crippen LogP contribution in [0.4, 0.5) is 19.4 Å². The van der Waals surface area contributed by atoms with Gasteiger partial charge in [0, 0.05) is 55.5 Å². The Balaban J connectivity index is 1.42. The van der Waals surface area contributed by atoms with E-state index in [4.69, 9.17) is 19.4 Å². The van der Waals surface area contributed by atoms with Gasteiger partial charge in [0.05, 0.1) is 25.4 Å². The Morgan fingerprint density at radius 1 is 1.12 bits per heavy atom. The quantitative estimate of drug-likeness (QED) is 0.293. The Kier molecular flexibility index (Phi) is 8.42. The molecule has 2 N–H and O–H groups in total. The molecule has 4 aromatic rings. The third kappa shape index (κ3) is 6.14. The molecule has 1 aliphatic rings. The SMILES string of the molecule is COCCN1C[C@H](NC(=O)Nc2c(C)c(-c3cnc(OC)nc3)nn2-c2ccccc2)[C@@H](c2cnc(F)c(F)c2)O1. The van der Waals surface area contributed by atoms with Crippen molar-refractivity contribution in [2.75, 3.05) is 39.2 Å². The number of hydrogen-bond donors (Lipinski definition) is 2. The van der Waals surface area contributed by atoms with Crippen molar-refractivity contribution in [3.63, 3.8) is 0 Å². The standard InChI is InChI=1S/C27H28F2N8O4/c1-16-22(18-13-31-27(40-3)32-14-18)35-37(19-7-5-4-6-8-19)25(16)34-26(38)33-21-15-36(9-10-39-2)41-23(21)17-11-20(28)24(29)30-12-17/h4-8,11-14,21,23H,9-10,15H2,1-3H3,(H2,33,34,38)/t21-,23+/m0/s1. The second kappa shape index (κ2) is 12.3. The molecule has 214 valence electrons. The summed E-state index contributed by atoms with van der Waals surface area (Å²) < 4.78 is 39.3. The number of aromatic nitrogens is 5. The molecule has 0 saturated carbocycles. The lowest BCUT2D eigenvalue weighted by Gasteiger charge is -2.19. The number of methoxy groups -OCH3 is 2. The molecule has 0 radical (unpaired) electrons. The molecule has 0 aliphatic carbocycles. The van der Waals surface area contributed by atoms with Crippen molar-refractivity contribution in [3.05, 3.63) is 77.9 Å². The number of amides is 2. The number of para-hydroxylation sites is 1. The molecule has 2 amide bonds. The van der Waals surface area contributed by atoms with Gasteiger partial charge in [0.1, 0.15) is 17.6 Å². The van der Waals surface area contributed by atoms with Crippen molar-refractivity contribution in [2.45, 2.75) is 19.1 Å². The maximum atomic E-state index is 14.0. The number of hydrogen-bond acceptors (Lipinski definition) is 9. The van der Waals surface area contributed by atoms with Gasteiger partial charge in [-0.3, -0.25) is 10.2 Å². The summed E-state index contributed by atoms with van der Waals surface area (Å²) in [6.45, 7) is 2.86. The van der Waals surface area contributed by atoms with E-state index in [0.717, 1.165) is 6.07 Å². The largest absolute Gasteiger partial charge is 0.467 e. The maximum Gasteiger partial charge on any atom is 0.320 e. The molecule has 1 aromatic carbocycles. The number of benzene rings is 1. The van der Waals surface area contributed by atoms with Crippen molar-refractivity contribution in [1.82, 2.24) is 35.1 Å². The molecule has 1 fully saturated rings. The summed E-state index contributed by atoms with van der Waals surface area (Å²) in [5.41, 5.74) is 2.86. The molecule has 14 heteroatoms. The first-order chi connectivity index (χ1) is 19.9. The average Bonchev–Trinajstić information content (AvgIpc) is 3.54. The second-order valence-corrected chi connectivity index (χ2v) is 9.18. The lowest BCUT2D eigenvalue weighted by Crippen LogP contribution is -2.42. The number of nitrogens with zero attached hydrogens (tertiary/aromatic N) is 6. The highest BCUT2D eigenvalue weighted by atomic mass is 19.2. The Morgan fingerprint density at radius 3 is 2.56 bits per heavy atom. The predicted octanol–water partition coefficient (Wildman–Crippen LogP) is 3.44. The normalized spacial score (nSPS) is 17.0. The number of pyridine rings is 1. The molecule has 1 saturated heterocycles. The minimum absolute atomic E-state index is 0.218. The topological polar surface area (TPSA) is 129 Å². The third-order valence-corrected chi connectivity index (χ3v) is 6.47. The molecule has 41 heavy (non-hydrogen) atoms. The summed E-state index contributed by atoms with van der Waals surface area (Å²) in [6, 6.07) is 9.36. The van der Waals surface area contributed by atoms with Crippen LogP contribution in [-0.4, -0.2) is 75.8 Å². The Hall–Kier alpha value is -4.53. The lowest BCUT2D eigenvalue weighted by molar-refractivity contribution is -0.154. The van der Waals surface area contributed by atoms with E-state index in [1.807, 2.05) is 37.3 Å². The van der Waals surface area contributed by atoms with E-state index in [2.05, 4.69) is 25.6 Å². The van der Waals surface area contributed by atoms with Crippen LogP contribution in [0.2, 0.25) is 0 Å². The van der Waals surface area contributed by atoms with Gasteiger partial charge < -0.3 is 14.8 Å². The van der Waals surface area contributed by atoms with Crippen molar-refractivity contribution < 1.29 is 27.9 Å². The van der Waals surface area contributed by atoms with E-state index in [0.29, 0.717) is 41.5 Å². The average molecular weight is 567 g/mol. The van der Waals surface area contributed by atoms with Gasteiger partial charge in [-0.25, -0.2) is 28.8 Å². The summed E-state index contributed by atoms with van der Waals surface area (Å²) in [7, 11) is 3.03. The van der Waals surface area contributed by atoms with Crippen LogP contribution in [0.5, 0.6) is 6.01 Å². The van der Waals surface area contributed by atoms with E-state index >= 15 is 0 Å². The molecule has 2 atom stereocenters. The molecule has 1 aliphatic heterocycles. The minimum atomic E-state index is -1.21. The highest BCUT2D eigenvalue weighted by Crippen LogP contribution is 2.32. The molecule has 12 nitrogen and oxygen atoms in total. The zero-order valence-electron chi connectivity index (χ0n) is 22.5. The molecule has 3 aromatic heterocycles. The summed E-state index contributed by atoms with van der Waals surface area (Å²) in [5.74, 6) is -1.91. The number of halogens is 2. The van der Waals surface area contributed by atoms with Crippen molar-refractivity contribution in [1.29, 1.82) is 0 Å². The van der Waals surface area contributed by atoms with Gasteiger partial charge in [-0.1, -0.05) is 18.2 Å². The number of ether oxygens (including phenoxy) is 2. The number of rotatable bonds is 9. The maximum absolute atomic E-state index is 14.0. The number of nitrogens with one attached hydrogen (secondary N) is 2. The van der Waals surface area contributed by atoms with Gasteiger partial charge in [-0.2, -0.15) is 14.6 Å². The van der Waals surface area contributed by atoms with E-state index in [1.54, 1.807) is 29.2 Å². The molecule has 0 bridgehead atoms. The van der Waals surface area contributed by atoms with Crippen LogP contribution in [0.15, 0.2) is 55.0 Å². The van der Waals surface area contributed by atoms with Gasteiger partial charge in [0.25, 0.3) is 0 Å². The van der Waals surface area contributed by atoms with Crippen LogP contribution >= 0.6 is 0 Å². The zero-order valence-corrected chi connectivity index (χ0v) is 22.5. The van der Waals surface area contributed by atoms with Gasteiger partial charge in [-0.05, 0) is 25.1 Å². The van der Waals surface area contributed by atoms with Crippen LogP contribution < -0.4 is 15.4 Å². The summed E-state index contributed by atoms with van der Waals surface area (Å²) >= 11 is 0. The molecule has 0 spiro atoms. The van der Waals surface area contributed by atoms with Crippen molar-refractivity contribution in [3.8, 4) is 23.0 Å². The lowest BCUT2D eigenvalue weighted by atomic mass is 10.0. The number of hydroxylamine groups is 2. The monoisotopic (exact) mass is 566 g/mol. The van der Waals surface area contributed by atoms with Crippen LogP contribution in [0.3, 0.4) is 0 Å². The van der Waals surface area contributed by atoms with Gasteiger partial charge in [-0.15, -0.1) is 0 Å². The minimum Gasteiger partial charge on any atom is -0.467 e. The van der Waals surface area contributed by atoms with Gasteiger partial charge in [0.15, 0.2) is 5.82 Å². The smallest absolute Gasteiger partial charge is 0.320 e. The number of anilines is 1. The molecule has 5 rings (SSSR count). The number of urea groups is 1. The van der Waals surface area contributed by atoms with E-state index in [-0.39, 0.29) is 18.1 Å². The zero-order chi connectivity index (χ0) is 28.9. The highest BCUT2D eigenvalue weighted by molar-refractivity contribution is 5.91. The fourth-order valence-corrected chi connectivity index (χ4v) is 4.46. The molecule has 0 unspecified atom stereocenters. The van der Waals surface area contributed by atoms with Crippen molar-refractivity contribution >= 4 is 11.8 Å². The van der Waals surface area contributed by atoms with Crippen LogP contribution in [0, 0.1) is 18.7 Å². The number of carbonyl (C=O) groups excluding carboxylic acids is 1.